The number of carboxylic acid groups (broad SMARTS) is 1. The van der Waals surface area contributed by atoms with E-state index in [-0.39, 0.29) is 10.7 Å². The van der Waals surface area contributed by atoms with Gasteiger partial charge in [0.1, 0.15) is 0 Å². The van der Waals surface area contributed by atoms with Gasteiger partial charge in [-0.05, 0) is 6.92 Å². The standard InChI is InChI=1S/C9H9ClN2O2/c1-6(9(13)14)5-12-4-3-11-8(10)7(12)2/h3-5H,2H2,1H3,(H,13,14)/b6-5+. The third kappa shape index (κ3) is 2.23. The van der Waals surface area contributed by atoms with Crippen molar-refractivity contribution in [1.82, 2.24) is 4.90 Å². The van der Waals surface area contributed by atoms with E-state index in [2.05, 4.69) is 11.6 Å². The Kier molecular flexibility index (Phi) is 3.09. The lowest BCUT2D eigenvalue weighted by Crippen LogP contribution is -2.17. The van der Waals surface area contributed by atoms with Gasteiger partial charge in [-0.2, -0.15) is 0 Å². The Hall–Kier alpha value is -1.55. The number of allylic oxidation sites excluding steroid dienone is 1. The number of aliphatic imine (C=N–C) groups is 1. The van der Waals surface area contributed by atoms with Crippen LogP contribution < -0.4 is 0 Å². The fraction of sp³-hybridized carbons (Fsp3) is 0.111. The van der Waals surface area contributed by atoms with Gasteiger partial charge >= 0.3 is 5.97 Å². The molecule has 14 heavy (non-hydrogen) atoms. The molecule has 0 unspecified atom stereocenters. The Morgan fingerprint density at radius 1 is 1.79 bits per heavy atom. The second kappa shape index (κ2) is 4.11. The molecule has 0 spiro atoms. The highest BCUT2D eigenvalue weighted by Crippen LogP contribution is 2.15. The van der Waals surface area contributed by atoms with Crippen LogP contribution in [-0.4, -0.2) is 21.1 Å². The molecule has 1 rings (SSSR count). The first-order valence-corrected chi connectivity index (χ1v) is 4.19. The molecule has 1 aliphatic heterocycles. The Bertz CT molecular complexity index is 369. The summed E-state index contributed by atoms with van der Waals surface area (Å²) in [4.78, 5) is 15.9. The summed E-state index contributed by atoms with van der Waals surface area (Å²) in [6.45, 7) is 5.15. The summed E-state index contributed by atoms with van der Waals surface area (Å²) in [6, 6.07) is 0. The molecule has 4 nitrogen and oxygen atoms in total. The van der Waals surface area contributed by atoms with Crippen LogP contribution in [0.25, 0.3) is 0 Å². The minimum atomic E-state index is -0.982. The highest BCUT2D eigenvalue weighted by Gasteiger charge is 2.11. The van der Waals surface area contributed by atoms with Gasteiger partial charge in [0.15, 0.2) is 5.17 Å². The third-order valence-electron chi connectivity index (χ3n) is 1.64. The number of hydrogen-bond acceptors (Lipinski definition) is 3. The van der Waals surface area contributed by atoms with Gasteiger partial charge in [0.2, 0.25) is 0 Å². The Balaban J connectivity index is 2.88. The van der Waals surface area contributed by atoms with Crippen molar-refractivity contribution in [3.05, 3.63) is 36.4 Å². The summed E-state index contributed by atoms with van der Waals surface area (Å²) >= 11 is 5.71. The van der Waals surface area contributed by atoms with Crippen LogP contribution in [-0.2, 0) is 4.79 Å². The number of hydrogen-bond donors (Lipinski definition) is 1. The van der Waals surface area contributed by atoms with Crippen molar-refractivity contribution in [3.63, 3.8) is 0 Å². The van der Waals surface area contributed by atoms with E-state index in [1.807, 2.05) is 0 Å². The molecule has 0 bridgehead atoms. The van der Waals surface area contributed by atoms with Crippen LogP contribution >= 0.6 is 11.6 Å². The van der Waals surface area contributed by atoms with E-state index in [1.54, 1.807) is 6.20 Å². The Labute approximate surface area is 86.5 Å². The number of aliphatic carboxylic acids is 1. The second-order valence-corrected chi connectivity index (χ2v) is 3.05. The van der Waals surface area contributed by atoms with Crippen LogP contribution in [0.1, 0.15) is 6.92 Å². The van der Waals surface area contributed by atoms with Gasteiger partial charge in [-0.15, -0.1) is 0 Å². The van der Waals surface area contributed by atoms with Crippen molar-refractivity contribution in [2.45, 2.75) is 6.92 Å². The van der Waals surface area contributed by atoms with Crippen molar-refractivity contribution >= 4 is 22.7 Å². The zero-order chi connectivity index (χ0) is 10.7. The summed E-state index contributed by atoms with van der Waals surface area (Å²) < 4.78 is 0. The van der Waals surface area contributed by atoms with E-state index in [9.17, 15) is 4.79 Å². The molecule has 1 N–H and O–H groups in total. The SMILES string of the molecule is C=C1C(Cl)=NC=CN1/C=C(\C)C(=O)O. The third-order valence-corrected chi connectivity index (χ3v) is 1.95. The molecule has 0 aromatic heterocycles. The number of nitrogens with zero attached hydrogens (tertiary/aromatic N) is 2. The molecule has 1 aliphatic rings. The van der Waals surface area contributed by atoms with E-state index in [4.69, 9.17) is 16.7 Å². The Morgan fingerprint density at radius 3 is 3.00 bits per heavy atom. The predicted octanol–water partition coefficient (Wildman–Crippen LogP) is 1.91. The van der Waals surface area contributed by atoms with E-state index < -0.39 is 5.97 Å². The molecule has 0 fully saturated rings. The molecule has 5 heteroatoms. The normalized spacial score (nSPS) is 17.0. The van der Waals surface area contributed by atoms with Gasteiger partial charge in [0, 0.05) is 18.6 Å². The lowest BCUT2D eigenvalue weighted by molar-refractivity contribution is -0.132. The molecule has 0 aliphatic carbocycles. The van der Waals surface area contributed by atoms with E-state index >= 15 is 0 Å². The summed E-state index contributed by atoms with van der Waals surface area (Å²) in [5.41, 5.74) is 0.650. The monoisotopic (exact) mass is 212 g/mol. The smallest absolute Gasteiger partial charge is 0.332 e. The molecular formula is C9H9ClN2O2. The minimum absolute atomic E-state index is 0.196. The van der Waals surface area contributed by atoms with Gasteiger partial charge in [-0.1, -0.05) is 18.2 Å². The zero-order valence-electron chi connectivity index (χ0n) is 7.57. The lowest BCUT2D eigenvalue weighted by Gasteiger charge is -2.19. The first kappa shape index (κ1) is 10.5. The van der Waals surface area contributed by atoms with E-state index in [1.165, 1.54) is 24.2 Å². The molecule has 0 radical (unpaired) electrons. The van der Waals surface area contributed by atoms with Crippen molar-refractivity contribution in [1.29, 1.82) is 0 Å². The second-order valence-electron chi connectivity index (χ2n) is 2.69. The highest BCUT2D eigenvalue weighted by atomic mass is 35.5. The van der Waals surface area contributed by atoms with E-state index in [0.29, 0.717) is 5.70 Å². The Morgan fingerprint density at radius 2 is 2.43 bits per heavy atom. The van der Waals surface area contributed by atoms with Crippen molar-refractivity contribution in [3.8, 4) is 0 Å². The van der Waals surface area contributed by atoms with Crippen LogP contribution in [0.4, 0.5) is 0 Å². The fourth-order valence-corrected chi connectivity index (χ4v) is 0.980. The summed E-state index contributed by atoms with van der Waals surface area (Å²) in [6.07, 6.45) is 4.49. The molecule has 0 atom stereocenters. The quantitative estimate of drug-likeness (QED) is 0.712. The van der Waals surface area contributed by atoms with Crippen LogP contribution in [0.2, 0.25) is 0 Å². The first-order valence-electron chi connectivity index (χ1n) is 3.81. The van der Waals surface area contributed by atoms with Crippen molar-refractivity contribution < 1.29 is 9.90 Å². The van der Waals surface area contributed by atoms with Crippen LogP contribution in [0.3, 0.4) is 0 Å². The molecule has 0 saturated carbocycles. The van der Waals surface area contributed by atoms with Crippen LogP contribution in [0, 0.1) is 0 Å². The van der Waals surface area contributed by atoms with E-state index in [0.717, 1.165) is 0 Å². The average Bonchev–Trinajstić information content (AvgIpc) is 2.12. The van der Waals surface area contributed by atoms with Gasteiger partial charge < -0.3 is 10.0 Å². The minimum Gasteiger partial charge on any atom is -0.478 e. The lowest BCUT2D eigenvalue weighted by atomic mass is 10.3. The molecular weight excluding hydrogens is 204 g/mol. The van der Waals surface area contributed by atoms with Gasteiger partial charge in [0.25, 0.3) is 0 Å². The van der Waals surface area contributed by atoms with Crippen LogP contribution in [0.15, 0.2) is 41.4 Å². The van der Waals surface area contributed by atoms with Crippen molar-refractivity contribution in [2.24, 2.45) is 4.99 Å². The zero-order valence-corrected chi connectivity index (χ0v) is 8.32. The largest absolute Gasteiger partial charge is 0.478 e. The maximum atomic E-state index is 10.5. The van der Waals surface area contributed by atoms with Gasteiger partial charge in [0.05, 0.1) is 11.3 Å². The fourth-order valence-electron chi connectivity index (χ4n) is 0.826. The number of rotatable bonds is 2. The molecule has 0 aromatic rings. The molecule has 1 heterocycles. The van der Waals surface area contributed by atoms with Crippen molar-refractivity contribution in [2.75, 3.05) is 0 Å². The summed E-state index contributed by atoms with van der Waals surface area (Å²) in [7, 11) is 0. The predicted molar refractivity (Wildman–Crippen MR) is 54.8 cm³/mol. The molecule has 74 valence electrons. The van der Waals surface area contributed by atoms with Gasteiger partial charge in [-0.25, -0.2) is 9.79 Å². The van der Waals surface area contributed by atoms with Gasteiger partial charge in [-0.3, -0.25) is 0 Å². The first-order chi connectivity index (χ1) is 6.52. The summed E-state index contributed by atoms with van der Waals surface area (Å²) in [5.74, 6) is -0.982. The maximum absolute atomic E-state index is 10.5. The molecule has 0 saturated heterocycles. The maximum Gasteiger partial charge on any atom is 0.332 e. The van der Waals surface area contributed by atoms with Crippen LogP contribution in [0.5, 0.6) is 0 Å². The molecule has 0 aromatic carbocycles. The number of carboxylic acids is 1. The summed E-state index contributed by atoms with van der Waals surface area (Å²) in [5, 5.41) is 8.90. The molecule has 0 amide bonds. The average molecular weight is 213 g/mol. The number of halogens is 1. The number of carbonyl (C=O) groups is 1. The highest BCUT2D eigenvalue weighted by molar-refractivity contribution is 6.69. The topological polar surface area (TPSA) is 52.9 Å².